The summed E-state index contributed by atoms with van der Waals surface area (Å²) < 4.78 is 14.4. The normalized spacial score (nSPS) is 11.0. The Labute approximate surface area is 90.1 Å². The van der Waals surface area contributed by atoms with Crippen LogP contribution in [0.25, 0.3) is 0 Å². The van der Waals surface area contributed by atoms with Gasteiger partial charge in [-0.3, -0.25) is 5.10 Å². The van der Waals surface area contributed by atoms with Gasteiger partial charge >= 0.3 is 0 Å². The zero-order valence-corrected chi connectivity index (χ0v) is 8.41. The molecule has 1 N–H and O–H groups in total. The molecule has 0 aliphatic carbocycles. The van der Waals surface area contributed by atoms with Gasteiger partial charge in [-0.1, -0.05) is 12.1 Å². The second-order valence-electron chi connectivity index (χ2n) is 2.80. The summed E-state index contributed by atoms with van der Waals surface area (Å²) in [5.41, 5.74) is 0.791. The van der Waals surface area contributed by atoms with Crippen LogP contribution in [-0.2, 0) is 0 Å². The van der Waals surface area contributed by atoms with E-state index in [1.54, 1.807) is 18.3 Å². The van der Waals surface area contributed by atoms with E-state index in [9.17, 15) is 4.39 Å². The monoisotopic (exact) mass is 222 g/mol. The summed E-state index contributed by atoms with van der Waals surface area (Å²) in [5.74, 6) is -0.271. The first-order valence-electron chi connectivity index (χ1n) is 4.17. The number of hydrogen-bond acceptors (Lipinski definition) is 3. The van der Waals surface area contributed by atoms with E-state index in [0.717, 1.165) is 5.56 Å². The number of hydrogen-bond donors (Lipinski definition) is 1. The van der Waals surface area contributed by atoms with Crippen LogP contribution in [0.1, 0.15) is 5.56 Å². The van der Waals surface area contributed by atoms with E-state index in [4.69, 9.17) is 12.2 Å². The number of nitrogens with zero attached hydrogens (tertiary/aromatic N) is 3. The number of rotatable bonds is 2. The van der Waals surface area contributed by atoms with E-state index >= 15 is 0 Å². The number of halogens is 1. The molecule has 1 heterocycles. The number of benzene rings is 1. The highest BCUT2D eigenvalue weighted by atomic mass is 32.1. The van der Waals surface area contributed by atoms with Gasteiger partial charge in [0.05, 0.1) is 6.21 Å². The fourth-order valence-corrected chi connectivity index (χ4v) is 1.15. The fourth-order valence-electron chi connectivity index (χ4n) is 1.00. The Balaban J connectivity index is 2.22. The van der Waals surface area contributed by atoms with Crippen molar-refractivity contribution in [1.82, 2.24) is 14.9 Å². The molecule has 0 saturated heterocycles. The third-order valence-corrected chi connectivity index (χ3v) is 2.01. The fraction of sp³-hybridized carbons (Fsp3) is 0. The molecule has 15 heavy (non-hydrogen) atoms. The van der Waals surface area contributed by atoms with Gasteiger partial charge in [-0.2, -0.15) is 14.9 Å². The van der Waals surface area contributed by atoms with Crippen molar-refractivity contribution in [3.63, 3.8) is 0 Å². The average Bonchev–Trinajstić information content (AvgIpc) is 2.63. The Bertz CT molecular complexity index is 526. The lowest BCUT2D eigenvalue weighted by molar-refractivity contribution is 0.628. The second kappa shape index (κ2) is 4.14. The van der Waals surface area contributed by atoms with Crippen molar-refractivity contribution < 1.29 is 4.39 Å². The molecule has 76 valence electrons. The summed E-state index contributed by atoms with van der Waals surface area (Å²) in [5, 5.41) is 10.3. The minimum absolute atomic E-state index is 0.271. The largest absolute Gasteiger partial charge is 0.250 e. The van der Waals surface area contributed by atoms with Crippen LogP contribution < -0.4 is 0 Å². The molecule has 2 rings (SSSR count). The molecule has 0 radical (unpaired) electrons. The van der Waals surface area contributed by atoms with Crippen LogP contribution >= 0.6 is 12.2 Å². The van der Waals surface area contributed by atoms with Crippen molar-refractivity contribution in [3.05, 3.63) is 46.7 Å². The van der Waals surface area contributed by atoms with Gasteiger partial charge < -0.3 is 0 Å². The van der Waals surface area contributed by atoms with Crippen LogP contribution in [0.5, 0.6) is 0 Å². The number of nitrogens with one attached hydrogen (secondary N) is 1. The quantitative estimate of drug-likeness (QED) is 0.623. The lowest BCUT2D eigenvalue weighted by Crippen LogP contribution is -1.89. The summed E-state index contributed by atoms with van der Waals surface area (Å²) in [6, 6.07) is 6.00. The molecule has 6 heteroatoms. The molecule has 4 nitrogen and oxygen atoms in total. The van der Waals surface area contributed by atoms with Crippen LogP contribution in [0, 0.1) is 10.6 Å². The predicted molar refractivity (Wildman–Crippen MR) is 56.8 cm³/mol. The lowest BCUT2D eigenvalue weighted by Gasteiger charge is -1.92. The van der Waals surface area contributed by atoms with Crippen LogP contribution in [0.3, 0.4) is 0 Å². The molecule has 0 bridgehead atoms. The summed E-state index contributed by atoms with van der Waals surface area (Å²) in [6.07, 6.45) is 3.03. The third kappa shape index (κ3) is 2.35. The van der Waals surface area contributed by atoms with E-state index in [0.29, 0.717) is 4.77 Å². The van der Waals surface area contributed by atoms with E-state index in [1.165, 1.54) is 23.1 Å². The van der Waals surface area contributed by atoms with Gasteiger partial charge in [0.2, 0.25) is 4.77 Å². The maximum atomic E-state index is 12.6. The second-order valence-corrected chi connectivity index (χ2v) is 3.19. The first-order valence-corrected chi connectivity index (χ1v) is 4.58. The van der Waals surface area contributed by atoms with E-state index in [-0.39, 0.29) is 5.82 Å². The first kappa shape index (κ1) is 9.72. The minimum atomic E-state index is -0.271. The van der Waals surface area contributed by atoms with E-state index in [2.05, 4.69) is 15.3 Å². The molecule has 1 aromatic carbocycles. The van der Waals surface area contributed by atoms with Gasteiger partial charge in [0.1, 0.15) is 12.1 Å². The van der Waals surface area contributed by atoms with Gasteiger partial charge in [0.15, 0.2) is 0 Å². The Morgan fingerprint density at radius 3 is 2.73 bits per heavy atom. The maximum Gasteiger partial charge on any atom is 0.216 e. The summed E-state index contributed by atoms with van der Waals surface area (Å²) in [4.78, 5) is 0. The molecule has 0 aliphatic heterocycles. The van der Waals surface area contributed by atoms with Gasteiger partial charge in [0.25, 0.3) is 0 Å². The SMILES string of the molecule is Fc1ccc(/C=N/n2cn[nH]c2=S)cc1. The van der Waals surface area contributed by atoms with Crippen LogP contribution in [0.4, 0.5) is 4.39 Å². The highest BCUT2D eigenvalue weighted by Gasteiger charge is 1.91. The standard InChI is InChI=1S/C9H7FN4S/c10-8-3-1-7(2-4-8)5-12-14-6-11-13-9(14)15/h1-6H,(H,13,15)/b12-5+. The van der Waals surface area contributed by atoms with Gasteiger partial charge in [0, 0.05) is 0 Å². The van der Waals surface area contributed by atoms with Crippen LogP contribution in [0.15, 0.2) is 35.7 Å². The van der Waals surface area contributed by atoms with Crippen molar-refractivity contribution in [2.75, 3.05) is 0 Å². The third-order valence-electron chi connectivity index (χ3n) is 1.74. The highest BCUT2D eigenvalue weighted by molar-refractivity contribution is 7.71. The number of H-pyrrole nitrogens is 1. The smallest absolute Gasteiger partial charge is 0.216 e. The van der Waals surface area contributed by atoms with Crippen LogP contribution in [0.2, 0.25) is 0 Å². The molecule has 0 spiro atoms. The molecule has 0 unspecified atom stereocenters. The summed E-state index contributed by atoms with van der Waals surface area (Å²) in [6.45, 7) is 0. The molecule has 0 fully saturated rings. The van der Waals surface area contributed by atoms with Gasteiger partial charge in [-0.05, 0) is 29.9 Å². The first-order chi connectivity index (χ1) is 7.25. The molecule has 1 aromatic heterocycles. The molecule has 0 saturated carbocycles. The van der Waals surface area contributed by atoms with E-state index in [1.807, 2.05) is 0 Å². The molecule has 2 aromatic rings. The molecule has 0 aliphatic rings. The highest BCUT2D eigenvalue weighted by Crippen LogP contribution is 2.00. The van der Waals surface area contributed by atoms with E-state index < -0.39 is 0 Å². The lowest BCUT2D eigenvalue weighted by atomic mass is 10.2. The summed E-state index contributed by atoms with van der Waals surface area (Å²) >= 11 is 4.89. The average molecular weight is 222 g/mol. The zero-order chi connectivity index (χ0) is 10.7. The molecule has 0 amide bonds. The predicted octanol–water partition coefficient (Wildman–Crippen LogP) is 1.96. The van der Waals surface area contributed by atoms with Gasteiger partial charge in [-0.25, -0.2) is 4.39 Å². The van der Waals surface area contributed by atoms with Crippen molar-refractivity contribution in [2.24, 2.45) is 5.10 Å². The van der Waals surface area contributed by atoms with Crippen LogP contribution in [-0.4, -0.2) is 21.1 Å². The number of aromatic amines is 1. The molecular formula is C9H7FN4S. The van der Waals surface area contributed by atoms with Crippen molar-refractivity contribution >= 4 is 18.4 Å². The topological polar surface area (TPSA) is 46.0 Å². The summed E-state index contributed by atoms with van der Waals surface area (Å²) in [7, 11) is 0. The maximum absolute atomic E-state index is 12.6. The Morgan fingerprint density at radius 2 is 2.13 bits per heavy atom. The van der Waals surface area contributed by atoms with Crippen molar-refractivity contribution in [2.45, 2.75) is 0 Å². The Kier molecular flexibility index (Phi) is 2.68. The zero-order valence-electron chi connectivity index (χ0n) is 7.59. The molecular weight excluding hydrogens is 215 g/mol. The Morgan fingerprint density at radius 1 is 1.40 bits per heavy atom. The number of aromatic nitrogens is 3. The van der Waals surface area contributed by atoms with Gasteiger partial charge in [-0.15, -0.1) is 0 Å². The Hall–Kier alpha value is -1.82. The van der Waals surface area contributed by atoms with Crippen molar-refractivity contribution in [3.8, 4) is 0 Å². The minimum Gasteiger partial charge on any atom is -0.250 e. The molecule has 0 atom stereocenters. The van der Waals surface area contributed by atoms with Crippen molar-refractivity contribution in [1.29, 1.82) is 0 Å².